The molecular formula is C29H26O8. The minimum absolute atomic E-state index is 0.173. The molecule has 3 aromatic carbocycles. The maximum atomic E-state index is 12.5. The molecule has 0 saturated carbocycles. The fourth-order valence-corrected chi connectivity index (χ4v) is 3.05. The van der Waals surface area contributed by atoms with E-state index in [1.54, 1.807) is 36.4 Å². The Balaban J connectivity index is 1.43. The van der Waals surface area contributed by atoms with E-state index < -0.39 is 17.9 Å². The molecule has 0 aliphatic rings. The van der Waals surface area contributed by atoms with Gasteiger partial charge in [0.05, 0.1) is 5.56 Å². The molecule has 3 rings (SSSR count). The van der Waals surface area contributed by atoms with E-state index in [-0.39, 0.29) is 13.6 Å². The van der Waals surface area contributed by atoms with E-state index in [1.165, 1.54) is 0 Å². The lowest BCUT2D eigenvalue weighted by Crippen LogP contribution is -2.09. The lowest BCUT2D eigenvalue weighted by atomic mass is 10.0. The summed E-state index contributed by atoms with van der Waals surface area (Å²) in [6.45, 7) is 6.20. The summed E-state index contributed by atoms with van der Waals surface area (Å²) in [6.07, 6.45) is 3.71. The second kappa shape index (κ2) is 13.9. The van der Waals surface area contributed by atoms with E-state index in [0.29, 0.717) is 22.8 Å². The van der Waals surface area contributed by atoms with Crippen molar-refractivity contribution in [2.45, 2.75) is 12.8 Å². The fraction of sp³-hybridized carbons (Fsp3) is 0.138. The smallest absolute Gasteiger partial charge is 0.343 e. The molecule has 0 spiro atoms. The van der Waals surface area contributed by atoms with E-state index in [1.807, 2.05) is 36.4 Å². The second-order valence-electron chi connectivity index (χ2n) is 7.56. The molecule has 8 heteroatoms. The van der Waals surface area contributed by atoms with Crippen LogP contribution in [-0.4, -0.2) is 31.5 Å². The predicted molar refractivity (Wildman–Crippen MR) is 135 cm³/mol. The fourth-order valence-electron chi connectivity index (χ4n) is 3.05. The summed E-state index contributed by atoms with van der Waals surface area (Å²) in [5.74, 6) is -0.188. The van der Waals surface area contributed by atoms with E-state index in [9.17, 15) is 14.4 Å². The van der Waals surface area contributed by atoms with Crippen LogP contribution >= 0.6 is 0 Å². The number of hydrogen-bond acceptors (Lipinski definition) is 8. The van der Waals surface area contributed by atoms with Gasteiger partial charge in [0.25, 0.3) is 0 Å². The van der Waals surface area contributed by atoms with Gasteiger partial charge in [-0.3, -0.25) is 0 Å². The van der Waals surface area contributed by atoms with Gasteiger partial charge in [0, 0.05) is 12.2 Å². The van der Waals surface area contributed by atoms with Crippen molar-refractivity contribution in [1.82, 2.24) is 0 Å². The summed E-state index contributed by atoms with van der Waals surface area (Å²) in [7, 11) is 0. The molecular weight excluding hydrogens is 476 g/mol. The maximum absolute atomic E-state index is 12.5. The Morgan fingerprint density at radius 3 is 1.46 bits per heavy atom. The number of rotatable bonds is 13. The van der Waals surface area contributed by atoms with Gasteiger partial charge in [0.2, 0.25) is 13.6 Å². The Morgan fingerprint density at radius 1 is 0.595 bits per heavy atom. The van der Waals surface area contributed by atoms with E-state index in [4.69, 9.17) is 23.7 Å². The maximum Gasteiger partial charge on any atom is 0.343 e. The van der Waals surface area contributed by atoms with Crippen LogP contribution in [0.4, 0.5) is 0 Å². The van der Waals surface area contributed by atoms with Gasteiger partial charge in [-0.15, -0.1) is 0 Å². The first kappa shape index (κ1) is 26.7. The van der Waals surface area contributed by atoms with Crippen LogP contribution in [0, 0.1) is 0 Å². The molecule has 0 aliphatic heterocycles. The average Bonchev–Trinajstić information content (AvgIpc) is 2.93. The van der Waals surface area contributed by atoms with Gasteiger partial charge in [-0.2, -0.15) is 0 Å². The monoisotopic (exact) mass is 502 g/mol. The second-order valence-corrected chi connectivity index (χ2v) is 7.56. The van der Waals surface area contributed by atoms with Gasteiger partial charge in [0.1, 0.15) is 17.2 Å². The van der Waals surface area contributed by atoms with Crippen LogP contribution in [0.15, 0.2) is 98.1 Å². The molecule has 0 radical (unpaired) electrons. The standard InChI is InChI=1S/C29H26O8/c1-3-27(30)35-19-33-24-13-9-22(10-14-24)6-5-21-7-11-23(12-8-21)29(32)37-26-17-15-25(16-18-26)34-20-36-28(31)4-2/h3-4,7-18H,1-2,5-6,19-20H2. The molecule has 0 fully saturated rings. The molecule has 0 heterocycles. The van der Waals surface area contributed by atoms with Crippen LogP contribution in [0.2, 0.25) is 0 Å². The molecule has 190 valence electrons. The summed E-state index contributed by atoms with van der Waals surface area (Å²) in [6, 6.07) is 21.1. The quantitative estimate of drug-likeness (QED) is 0.142. The molecule has 0 unspecified atom stereocenters. The summed E-state index contributed by atoms with van der Waals surface area (Å²) < 4.78 is 25.5. The number of carbonyl (C=O) groups is 3. The molecule has 0 saturated heterocycles. The first-order valence-electron chi connectivity index (χ1n) is 11.3. The first-order chi connectivity index (χ1) is 18.0. The highest BCUT2D eigenvalue weighted by molar-refractivity contribution is 5.91. The van der Waals surface area contributed by atoms with Gasteiger partial charge < -0.3 is 23.7 Å². The van der Waals surface area contributed by atoms with Crippen LogP contribution < -0.4 is 14.2 Å². The molecule has 0 atom stereocenters. The summed E-state index contributed by atoms with van der Waals surface area (Å²) in [5, 5.41) is 0. The number of ether oxygens (including phenoxy) is 5. The number of carbonyl (C=O) groups excluding carboxylic acids is 3. The Morgan fingerprint density at radius 2 is 1.00 bits per heavy atom. The zero-order chi connectivity index (χ0) is 26.5. The molecule has 3 aromatic rings. The Labute approximate surface area is 214 Å². The molecule has 0 aliphatic carbocycles. The first-order valence-corrected chi connectivity index (χ1v) is 11.3. The van der Waals surface area contributed by atoms with Gasteiger partial charge in [-0.25, -0.2) is 14.4 Å². The van der Waals surface area contributed by atoms with Crippen molar-refractivity contribution in [2.24, 2.45) is 0 Å². The average molecular weight is 503 g/mol. The van der Waals surface area contributed by atoms with E-state index in [2.05, 4.69) is 13.2 Å². The van der Waals surface area contributed by atoms with Crippen molar-refractivity contribution in [2.75, 3.05) is 13.6 Å². The zero-order valence-electron chi connectivity index (χ0n) is 20.1. The summed E-state index contributed by atoms with van der Waals surface area (Å²) in [5.41, 5.74) is 2.62. The van der Waals surface area contributed by atoms with Crippen molar-refractivity contribution in [3.8, 4) is 17.2 Å². The van der Waals surface area contributed by atoms with Crippen molar-refractivity contribution < 1.29 is 38.1 Å². The van der Waals surface area contributed by atoms with Crippen molar-refractivity contribution in [1.29, 1.82) is 0 Å². The van der Waals surface area contributed by atoms with Gasteiger partial charge in [-0.1, -0.05) is 37.4 Å². The van der Waals surface area contributed by atoms with Crippen LogP contribution in [-0.2, 0) is 31.9 Å². The van der Waals surface area contributed by atoms with Crippen molar-refractivity contribution >= 4 is 17.9 Å². The summed E-state index contributed by atoms with van der Waals surface area (Å²) >= 11 is 0. The van der Waals surface area contributed by atoms with Gasteiger partial charge in [0.15, 0.2) is 0 Å². The zero-order valence-corrected chi connectivity index (χ0v) is 20.1. The van der Waals surface area contributed by atoms with Crippen molar-refractivity contribution in [3.63, 3.8) is 0 Å². The molecule has 0 amide bonds. The minimum atomic E-state index is -0.581. The third kappa shape index (κ3) is 9.03. The Hall–Kier alpha value is -4.85. The van der Waals surface area contributed by atoms with Gasteiger partial charge in [-0.05, 0) is 72.5 Å². The van der Waals surface area contributed by atoms with Crippen LogP contribution in [0.1, 0.15) is 21.5 Å². The number of benzene rings is 3. The van der Waals surface area contributed by atoms with Gasteiger partial charge >= 0.3 is 17.9 Å². The molecule has 0 N–H and O–H groups in total. The minimum Gasteiger partial charge on any atom is -0.457 e. The third-order valence-corrected chi connectivity index (χ3v) is 5.04. The molecule has 37 heavy (non-hydrogen) atoms. The normalized spacial score (nSPS) is 10.1. The lowest BCUT2D eigenvalue weighted by molar-refractivity contribution is -0.145. The number of esters is 3. The molecule has 0 aromatic heterocycles. The molecule has 0 bridgehead atoms. The van der Waals surface area contributed by atoms with E-state index in [0.717, 1.165) is 36.1 Å². The molecule has 8 nitrogen and oxygen atoms in total. The summed E-state index contributed by atoms with van der Waals surface area (Å²) in [4.78, 5) is 34.5. The van der Waals surface area contributed by atoms with Crippen LogP contribution in [0.25, 0.3) is 0 Å². The predicted octanol–water partition coefficient (Wildman–Crippen LogP) is 4.82. The Kier molecular flexibility index (Phi) is 10.0. The largest absolute Gasteiger partial charge is 0.457 e. The van der Waals surface area contributed by atoms with E-state index >= 15 is 0 Å². The number of hydrogen-bond donors (Lipinski definition) is 0. The highest BCUT2D eigenvalue weighted by atomic mass is 16.7. The van der Waals surface area contributed by atoms with Crippen molar-refractivity contribution in [3.05, 3.63) is 115 Å². The number of aryl methyl sites for hydroxylation is 2. The third-order valence-electron chi connectivity index (χ3n) is 5.04. The SMILES string of the molecule is C=CC(=O)OCOc1ccc(CCc2ccc(C(=O)Oc3ccc(OCOC(=O)C=C)cc3)cc2)cc1. The van der Waals surface area contributed by atoms with Crippen LogP contribution in [0.3, 0.4) is 0 Å². The Bertz CT molecular complexity index is 1210. The lowest BCUT2D eigenvalue weighted by Gasteiger charge is -2.09. The topological polar surface area (TPSA) is 97.4 Å². The highest BCUT2D eigenvalue weighted by Gasteiger charge is 2.09. The highest BCUT2D eigenvalue weighted by Crippen LogP contribution is 2.19. The van der Waals surface area contributed by atoms with Crippen LogP contribution in [0.5, 0.6) is 17.2 Å².